The van der Waals surface area contributed by atoms with E-state index >= 15 is 0 Å². The molecule has 1 heterocycles. The standard InChI is InChI=1S/C15H19NO4/c17-14(11-20-10-12-4-2-1-3-5-12)16-8-6-13(7-9-16)15(18)19/h1-5,13H,6-11H2,(H,18,19). The molecule has 0 unspecified atom stereocenters. The van der Waals surface area contributed by atoms with Crippen molar-refractivity contribution in [3.8, 4) is 0 Å². The molecule has 1 aromatic carbocycles. The van der Waals surface area contributed by atoms with E-state index in [0.29, 0.717) is 32.5 Å². The van der Waals surface area contributed by atoms with Gasteiger partial charge in [-0.1, -0.05) is 30.3 Å². The molecule has 0 aromatic heterocycles. The molecule has 1 N–H and O–H groups in total. The Hall–Kier alpha value is -1.88. The van der Waals surface area contributed by atoms with Crippen molar-refractivity contribution in [2.24, 2.45) is 5.92 Å². The minimum Gasteiger partial charge on any atom is -0.481 e. The number of hydrogen-bond acceptors (Lipinski definition) is 3. The molecule has 1 aromatic rings. The Morgan fingerprint density at radius 3 is 2.45 bits per heavy atom. The highest BCUT2D eigenvalue weighted by atomic mass is 16.5. The molecular formula is C15H19NO4. The fourth-order valence-corrected chi connectivity index (χ4v) is 2.30. The third-order valence-electron chi connectivity index (χ3n) is 3.53. The number of hydrogen-bond donors (Lipinski definition) is 1. The normalized spacial score (nSPS) is 16.1. The zero-order valence-corrected chi connectivity index (χ0v) is 11.3. The van der Waals surface area contributed by atoms with E-state index < -0.39 is 5.97 Å². The van der Waals surface area contributed by atoms with Crippen LogP contribution in [-0.4, -0.2) is 41.6 Å². The highest BCUT2D eigenvalue weighted by Gasteiger charge is 2.26. The van der Waals surface area contributed by atoms with Gasteiger partial charge in [0.05, 0.1) is 12.5 Å². The molecule has 1 fully saturated rings. The van der Waals surface area contributed by atoms with Gasteiger partial charge in [-0.3, -0.25) is 9.59 Å². The second-order valence-electron chi connectivity index (χ2n) is 4.97. The molecule has 5 nitrogen and oxygen atoms in total. The van der Waals surface area contributed by atoms with Gasteiger partial charge < -0.3 is 14.7 Å². The molecule has 108 valence electrons. The summed E-state index contributed by atoms with van der Waals surface area (Å²) >= 11 is 0. The number of rotatable bonds is 5. The van der Waals surface area contributed by atoms with Gasteiger partial charge in [-0.25, -0.2) is 0 Å². The first kappa shape index (κ1) is 14.5. The molecule has 0 radical (unpaired) electrons. The van der Waals surface area contributed by atoms with E-state index in [1.807, 2.05) is 30.3 Å². The Bertz CT molecular complexity index is 452. The van der Waals surface area contributed by atoms with Gasteiger partial charge in [0.1, 0.15) is 6.61 Å². The molecular weight excluding hydrogens is 258 g/mol. The van der Waals surface area contributed by atoms with Gasteiger partial charge in [-0.15, -0.1) is 0 Å². The second kappa shape index (κ2) is 7.05. The lowest BCUT2D eigenvalue weighted by Crippen LogP contribution is -2.41. The van der Waals surface area contributed by atoms with Crippen molar-refractivity contribution in [1.82, 2.24) is 4.90 Å². The Balaban J connectivity index is 1.69. The zero-order chi connectivity index (χ0) is 14.4. The minimum absolute atomic E-state index is 0.0482. The number of nitrogens with zero attached hydrogens (tertiary/aromatic N) is 1. The van der Waals surface area contributed by atoms with E-state index in [0.717, 1.165) is 5.56 Å². The van der Waals surface area contributed by atoms with Gasteiger partial charge in [0.25, 0.3) is 0 Å². The number of amides is 1. The van der Waals surface area contributed by atoms with Crippen molar-refractivity contribution in [2.75, 3.05) is 19.7 Å². The fraction of sp³-hybridized carbons (Fsp3) is 0.467. The summed E-state index contributed by atoms with van der Waals surface area (Å²) in [5.74, 6) is -1.15. The van der Waals surface area contributed by atoms with Crippen LogP contribution in [0.25, 0.3) is 0 Å². The molecule has 0 bridgehead atoms. The van der Waals surface area contributed by atoms with Crippen molar-refractivity contribution in [1.29, 1.82) is 0 Å². The van der Waals surface area contributed by atoms with E-state index in [4.69, 9.17) is 9.84 Å². The second-order valence-corrected chi connectivity index (χ2v) is 4.97. The van der Waals surface area contributed by atoms with Crippen LogP contribution in [0.15, 0.2) is 30.3 Å². The zero-order valence-electron chi connectivity index (χ0n) is 11.3. The van der Waals surface area contributed by atoms with Crippen molar-refractivity contribution in [3.63, 3.8) is 0 Å². The molecule has 0 saturated carbocycles. The maximum Gasteiger partial charge on any atom is 0.306 e. The summed E-state index contributed by atoms with van der Waals surface area (Å²) in [4.78, 5) is 24.4. The average molecular weight is 277 g/mol. The predicted molar refractivity (Wildman–Crippen MR) is 73.0 cm³/mol. The third kappa shape index (κ3) is 4.06. The number of carboxylic acids is 1. The fourth-order valence-electron chi connectivity index (χ4n) is 2.30. The Morgan fingerprint density at radius 1 is 1.20 bits per heavy atom. The highest BCUT2D eigenvalue weighted by molar-refractivity contribution is 5.78. The molecule has 5 heteroatoms. The Morgan fingerprint density at radius 2 is 1.85 bits per heavy atom. The summed E-state index contributed by atoms with van der Waals surface area (Å²) in [5.41, 5.74) is 1.03. The van der Waals surface area contributed by atoms with E-state index in [-0.39, 0.29) is 18.4 Å². The van der Waals surface area contributed by atoms with Gasteiger partial charge in [-0.2, -0.15) is 0 Å². The molecule has 0 atom stereocenters. The summed E-state index contributed by atoms with van der Waals surface area (Å²) in [6.45, 7) is 1.47. The van der Waals surface area contributed by atoms with Crippen LogP contribution < -0.4 is 0 Å². The van der Waals surface area contributed by atoms with Gasteiger partial charge >= 0.3 is 5.97 Å². The Kier molecular flexibility index (Phi) is 5.12. The van der Waals surface area contributed by atoms with Crippen LogP contribution in [-0.2, 0) is 20.9 Å². The molecule has 1 aliphatic heterocycles. The lowest BCUT2D eigenvalue weighted by atomic mass is 9.97. The van der Waals surface area contributed by atoms with Gasteiger partial charge in [0.2, 0.25) is 5.91 Å². The monoisotopic (exact) mass is 277 g/mol. The molecule has 0 aliphatic carbocycles. The van der Waals surface area contributed by atoms with E-state index in [2.05, 4.69) is 0 Å². The SMILES string of the molecule is O=C(O)C1CCN(C(=O)COCc2ccccc2)CC1. The van der Waals surface area contributed by atoms with Crippen LogP contribution in [0, 0.1) is 5.92 Å². The largest absolute Gasteiger partial charge is 0.481 e. The van der Waals surface area contributed by atoms with Crippen LogP contribution in [0.2, 0.25) is 0 Å². The Labute approximate surface area is 118 Å². The number of benzene rings is 1. The van der Waals surface area contributed by atoms with Crippen molar-refractivity contribution >= 4 is 11.9 Å². The number of aliphatic carboxylic acids is 1. The van der Waals surface area contributed by atoms with Gasteiger partial charge in [0.15, 0.2) is 0 Å². The minimum atomic E-state index is -0.766. The summed E-state index contributed by atoms with van der Waals surface area (Å²) in [5, 5.41) is 8.90. The number of carbonyl (C=O) groups is 2. The average Bonchev–Trinajstić information content (AvgIpc) is 2.48. The third-order valence-corrected chi connectivity index (χ3v) is 3.53. The molecule has 1 amide bonds. The first-order valence-corrected chi connectivity index (χ1v) is 6.79. The number of likely N-dealkylation sites (tertiary alicyclic amines) is 1. The van der Waals surface area contributed by atoms with Crippen LogP contribution in [0.4, 0.5) is 0 Å². The topological polar surface area (TPSA) is 66.8 Å². The number of ether oxygens (including phenoxy) is 1. The summed E-state index contributed by atoms with van der Waals surface area (Å²) in [6.07, 6.45) is 1.06. The van der Waals surface area contributed by atoms with Crippen molar-refractivity contribution in [2.45, 2.75) is 19.4 Å². The highest BCUT2D eigenvalue weighted by Crippen LogP contribution is 2.17. The first-order chi connectivity index (χ1) is 9.66. The molecule has 2 rings (SSSR count). The van der Waals surface area contributed by atoms with E-state index in [1.165, 1.54) is 0 Å². The maximum atomic E-state index is 11.9. The molecule has 1 aliphatic rings. The van der Waals surface area contributed by atoms with E-state index in [9.17, 15) is 9.59 Å². The van der Waals surface area contributed by atoms with E-state index in [1.54, 1.807) is 4.90 Å². The van der Waals surface area contributed by atoms with Crippen molar-refractivity contribution in [3.05, 3.63) is 35.9 Å². The summed E-state index contributed by atoms with van der Waals surface area (Å²) in [7, 11) is 0. The molecule has 1 saturated heterocycles. The van der Waals surface area contributed by atoms with Gasteiger partial charge in [-0.05, 0) is 18.4 Å². The predicted octanol–water partition coefficient (Wildman–Crippen LogP) is 1.53. The lowest BCUT2D eigenvalue weighted by Gasteiger charge is -2.30. The van der Waals surface area contributed by atoms with Crippen LogP contribution in [0.1, 0.15) is 18.4 Å². The lowest BCUT2D eigenvalue weighted by molar-refractivity contribution is -0.147. The van der Waals surface area contributed by atoms with Crippen LogP contribution >= 0.6 is 0 Å². The quantitative estimate of drug-likeness (QED) is 0.886. The number of piperidine rings is 1. The molecule has 20 heavy (non-hydrogen) atoms. The van der Waals surface area contributed by atoms with Crippen LogP contribution in [0.3, 0.4) is 0 Å². The maximum absolute atomic E-state index is 11.9. The first-order valence-electron chi connectivity index (χ1n) is 6.79. The summed E-state index contributed by atoms with van der Waals surface area (Å²) < 4.78 is 5.40. The smallest absolute Gasteiger partial charge is 0.306 e. The van der Waals surface area contributed by atoms with Crippen LogP contribution in [0.5, 0.6) is 0 Å². The number of carboxylic acid groups (broad SMARTS) is 1. The summed E-state index contributed by atoms with van der Waals surface area (Å²) in [6, 6.07) is 9.68. The van der Waals surface area contributed by atoms with Crippen molar-refractivity contribution < 1.29 is 19.4 Å². The molecule has 0 spiro atoms. The number of carbonyl (C=O) groups excluding carboxylic acids is 1. The van der Waals surface area contributed by atoms with Gasteiger partial charge in [0, 0.05) is 13.1 Å².